The Kier molecular flexibility index (Phi) is 6.74. The average molecular weight is 359 g/mol. The summed E-state index contributed by atoms with van der Waals surface area (Å²) in [5.74, 6) is 0.611. The van der Waals surface area contributed by atoms with E-state index in [9.17, 15) is 4.79 Å². The lowest BCUT2D eigenvalue weighted by Gasteiger charge is -2.26. The Hall–Kier alpha value is -0.780. The fourth-order valence-electron chi connectivity index (χ4n) is 2.95. The number of hydrogen-bond acceptors (Lipinski definition) is 4. The van der Waals surface area contributed by atoms with E-state index < -0.39 is 5.60 Å². The van der Waals surface area contributed by atoms with Crippen molar-refractivity contribution in [1.82, 2.24) is 10.6 Å². The van der Waals surface area contributed by atoms with Gasteiger partial charge in [0.2, 0.25) is 0 Å². The molecule has 1 aliphatic rings. The third-order valence-electron chi connectivity index (χ3n) is 4.00. The SMILES string of the molecule is CC(C)(C)OC(=O)NCC(NCc1ccc(Cl)s1)C1CCCC1. The summed E-state index contributed by atoms with van der Waals surface area (Å²) in [4.78, 5) is 13.1. The lowest BCUT2D eigenvalue weighted by atomic mass is 9.98. The third-order valence-corrected chi connectivity index (χ3v) is 5.23. The Morgan fingerprint density at radius 1 is 1.39 bits per heavy atom. The molecular weight excluding hydrogens is 332 g/mol. The van der Waals surface area contributed by atoms with Crippen LogP contribution in [0, 0.1) is 5.92 Å². The number of carbonyl (C=O) groups is 1. The molecule has 1 unspecified atom stereocenters. The Bertz CT molecular complexity index is 507. The van der Waals surface area contributed by atoms with E-state index in [1.54, 1.807) is 11.3 Å². The Morgan fingerprint density at radius 3 is 2.65 bits per heavy atom. The number of thiophene rings is 1. The quantitative estimate of drug-likeness (QED) is 0.782. The monoisotopic (exact) mass is 358 g/mol. The van der Waals surface area contributed by atoms with Crippen molar-refractivity contribution in [3.8, 4) is 0 Å². The minimum atomic E-state index is -0.464. The van der Waals surface area contributed by atoms with Crippen molar-refractivity contribution in [2.75, 3.05) is 6.54 Å². The standard InChI is InChI=1S/C17H27ClN2O2S/c1-17(2,3)22-16(21)20-11-14(12-6-4-5-7-12)19-10-13-8-9-15(18)23-13/h8-9,12,14,19H,4-7,10-11H2,1-3H3,(H,20,21). The predicted octanol–water partition coefficient (Wildman–Crippen LogP) is 4.57. The lowest BCUT2D eigenvalue weighted by Crippen LogP contribution is -2.45. The summed E-state index contributed by atoms with van der Waals surface area (Å²) in [6.45, 7) is 7.01. The van der Waals surface area contributed by atoms with Crippen molar-refractivity contribution < 1.29 is 9.53 Å². The zero-order valence-corrected chi connectivity index (χ0v) is 15.7. The molecule has 1 amide bonds. The van der Waals surface area contributed by atoms with Crippen LogP contribution in [0.4, 0.5) is 4.79 Å². The summed E-state index contributed by atoms with van der Waals surface area (Å²) < 4.78 is 6.13. The average Bonchev–Trinajstić information content (AvgIpc) is 3.08. The maximum Gasteiger partial charge on any atom is 0.407 e. The summed E-state index contributed by atoms with van der Waals surface area (Å²) in [7, 11) is 0. The van der Waals surface area contributed by atoms with Crippen molar-refractivity contribution in [1.29, 1.82) is 0 Å². The highest BCUT2D eigenvalue weighted by atomic mass is 35.5. The lowest BCUT2D eigenvalue weighted by molar-refractivity contribution is 0.0518. The molecule has 1 aromatic rings. The van der Waals surface area contributed by atoms with Crippen LogP contribution in [-0.2, 0) is 11.3 Å². The maximum atomic E-state index is 11.9. The van der Waals surface area contributed by atoms with E-state index in [2.05, 4.69) is 10.6 Å². The van der Waals surface area contributed by atoms with Gasteiger partial charge < -0.3 is 15.4 Å². The maximum absolute atomic E-state index is 11.9. The molecule has 0 saturated heterocycles. The second kappa shape index (κ2) is 8.36. The van der Waals surface area contributed by atoms with E-state index in [0.29, 0.717) is 12.5 Å². The van der Waals surface area contributed by atoms with Crippen LogP contribution in [0.25, 0.3) is 0 Å². The van der Waals surface area contributed by atoms with Crippen LogP contribution < -0.4 is 10.6 Å². The molecule has 1 aliphatic carbocycles. The Morgan fingerprint density at radius 2 is 2.09 bits per heavy atom. The molecule has 2 N–H and O–H groups in total. The first kappa shape index (κ1) is 18.6. The summed E-state index contributed by atoms with van der Waals surface area (Å²) in [5.41, 5.74) is -0.464. The van der Waals surface area contributed by atoms with Gasteiger partial charge in [-0.2, -0.15) is 0 Å². The molecule has 1 atom stereocenters. The summed E-state index contributed by atoms with van der Waals surface area (Å²) in [6.07, 6.45) is 4.65. The number of halogens is 1. The molecule has 0 aromatic carbocycles. The Balaban J connectivity index is 1.85. The molecular formula is C17H27ClN2O2S. The molecule has 1 aromatic heterocycles. The van der Waals surface area contributed by atoms with Gasteiger partial charge in [0.15, 0.2) is 0 Å². The van der Waals surface area contributed by atoms with Gasteiger partial charge in [-0.15, -0.1) is 11.3 Å². The van der Waals surface area contributed by atoms with Crippen LogP contribution in [0.1, 0.15) is 51.3 Å². The number of ether oxygens (including phenoxy) is 1. The molecule has 130 valence electrons. The van der Waals surface area contributed by atoms with Crippen LogP contribution in [0.2, 0.25) is 4.34 Å². The molecule has 0 spiro atoms. The molecule has 2 rings (SSSR count). The van der Waals surface area contributed by atoms with E-state index in [1.807, 2.05) is 32.9 Å². The van der Waals surface area contributed by atoms with E-state index in [-0.39, 0.29) is 12.1 Å². The number of nitrogens with one attached hydrogen (secondary N) is 2. The zero-order valence-electron chi connectivity index (χ0n) is 14.2. The summed E-state index contributed by atoms with van der Waals surface area (Å²) in [6, 6.07) is 4.24. The third kappa shape index (κ3) is 6.69. The molecule has 4 nitrogen and oxygen atoms in total. The summed E-state index contributed by atoms with van der Waals surface area (Å²) >= 11 is 7.58. The van der Waals surface area contributed by atoms with Gasteiger partial charge in [0, 0.05) is 24.0 Å². The highest BCUT2D eigenvalue weighted by molar-refractivity contribution is 7.16. The number of alkyl carbamates (subject to hydrolysis) is 1. The topological polar surface area (TPSA) is 50.4 Å². The highest BCUT2D eigenvalue weighted by Gasteiger charge is 2.26. The van der Waals surface area contributed by atoms with Gasteiger partial charge in [-0.05, 0) is 51.7 Å². The van der Waals surface area contributed by atoms with E-state index in [1.165, 1.54) is 30.6 Å². The number of rotatable bonds is 6. The van der Waals surface area contributed by atoms with Gasteiger partial charge in [-0.3, -0.25) is 0 Å². The van der Waals surface area contributed by atoms with Gasteiger partial charge >= 0.3 is 6.09 Å². The van der Waals surface area contributed by atoms with Crippen molar-refractivity contribution in [3.05, 3.63) is 21.3 Å². The molecule has 1 saturated carbocycles. The zero-order chi connectivity index (χ0) is 16.9. The van der Waals surface area contributed by atoms with E-state index in [0.717, 1.165) is 10.9 Å². The normalized spacial score (nSPS) is 17.2. The highest BCUT2D eigenvalue weighted by Crippen LogP contribution is 2.28. The molecule has 23 heavy (non-hydrogen) atoms. The second-order valence-electron chi connectivity index (χ2n) is 7.12. The second-order valence-corrected chi connectivity index (χ2v) is 8.92. The molecule has 1 fully saturated rings. The first-order valence-electron chi connectivity index (χ1n) is 8.28. The van der Waals surface area contributed by atoms with Crippen LogP contribution in [-0.4, -0.2) is 24.3 Å². The number of hydrogen-bond donors (Lipinski definition) is 2. The first-order chi connectivity index (χ1) is 10.8. The fourth-order valence-corrected chi connectivity index (χ4v) is 3.99. The van der Waals surface area contributed by atoms with Crippen molar-refractivity contribution in [3.63, 3.8) is 0 Å². The van der Waals surface area contributed by atoms with Crippen LogP contribution in [0.5, 0.6) is 0 Å². The van der Waals surface area contributed by atoms with Gasteiger partial charge in [-0.25, -0.2) is 4.79 Å². The van der Waals surface area contributed by atoms with E-state index >= 15 is 0 Å². The van der Waals surface area contributed by atoms with Crippen LogP contribution in [0.3, 0.4) is 0 Å². The minimum Gasteiger partial charge on any atom is -0.444 e. The smallest absolute Gasteiger partial charge is 0.407 e. The van der Waals surface area contributed by atoms with Gasteiger partial charge in [0.25, 0.3) is 0 Å². The van der Waals surface area contributed by atoms with E-state index in [4.69, 9.17) is 16.3 Å². The number of carbonyl (C=O) groups excluding carboxylic acids is 1. The summed E-state index contributed by atoms with van der Waals surface area (Å²) in [5, 5.41) is 6.50. The van der Waals surface area contributed by atoms with Crippen molar-refractivity contribution in [2.24, 2.45) is 5.92 Å². The van der Waals surface area contributed by atoms with Gasteiger partial charge in [0.1, 0.15) is 5.60 Å². The molecule has 0 aliphatic heterocycles. The Labute approximate surface area is 147 Å². The van der Waals surface area contributed by atoms with Gasteiger partial charge in [0.05, 0.1) is 4.34 Å². The van der Waals surface area contributed by atoms with Gasteiger partial charge in [-0.1, -0.05) is 24.4 Å². The minimum absolute atomic E-state index is 0.269. The molecule has 0 bridgehead atoms. The molecule has 0 radical (unpaired) electrons. The molecule has 1 heterocycles. The van der Waals surface area contributed by atoms with Crippen LogP contribution >= 0.6 is 22.9 Å². The number of amides is 1. The molecule has 6 heteroatoms. The fraction of sp³-hybridized carbons (Fsp3) is 0.706. The van der Waals surface area contributed by atoms with Crippen LogP contribution in [0.15, 0.2) is 12.1 Å². The predicted molar refractivity (Wildman–Crippen MR) is 96.2 cm³/mol. The first-order valence-corrected chi connectivity index (χ1v) is 9.47. The largest absolute Gasteiger partial charge is 0.444 e. The van der Waals surface area contributed by atoms with Crippen molar-refractivity contribution >= 4 is 29.0 Å². The van der Waals surface area contributed by atoms with Crippen molar-refractivity contribution in [2.45, 2.75) is 64.6 Å².